The van der Waals surface area contributed by atoms with E-state index < -0.39 is 29.9 Å². The van der Waals surface area contributed by atoms with Crippen molar-refractivity contribution in [1.82, 2.24) is 0 Å². The van der Waals surface area contributed by atoms with E-state index in [0.29, 0.717) is 6.42 Å². The molecule has 0 radical (unpaired) electrons. The van der Waals surface area contributed by atoms with Crippen LogP contribution in [-0.4, -0.2) is 45.2 Å². The fourth-order valence-corrected chi connectivity index (χ4v) is 3.24. The number of rotatable bonds is 19. The van der Waals surface area contributed by atoms with Crippen molar-refractivity contribution in [2.75, 3.05) is 6.61 Å². The molecule has 164 valence electrons. The number of ketones is 2. The smallest absolute Gasteiger partial charge is 0.178 e. The summed E-state index contributed by atoms with van der Waals surface area (Å²) in [5, 5.41) is 28.9. The number of Topliss-reactive ketones (excluding diaryl/α,β-unsaturated/α-hetero) is 2. The summed E-state index contributed by atoms with van der Waals surface area (Å²) in [5.74, 6) is -1.40. The zero-order chi connectivity index (χ0) is 21.3. The monoisotopic (exact) mass is 398 g/mol. The van der Waals surface area contributed by atoms with Crippen molar-refractivity contribution >= 4 is 11.6 Å². The number of aliphatic hydroxyl groups excluding tert-OH is 2. The maximum absolute atomic E-state index is 12.0. The SMILES string of the molecule is CCCCCCCCC=CCCCCCCCC(=O)C(O)(CO)C(O)C(C)=O. The first-order chi connectivity index (χ1) is 13.4. The van der Waals surface area contributed by atoms with Crippen LogP contribution >= 0.6 is 0 Å². The van der Waals surface area contributed by atoms with Crippen LogP contribution < -0.4 is 0 Å². The molecule has 2 unspecified atom stereocenters. The third-order valence-electron chi connectivity index (χ3n) is 5.23. The maximum atomic E-state index is 12.0. The van der Waals surface area contributed by atoms with E-state index in [1.54, 1.807) is 0 Å². The molecular weight excluding hydrogens is 356 g/mol. The van der Waals surface area contributed by atoms with Gasteiger partial charge in [-0.1, -0.05) is 70.4 Å². The van der Waals surface area contributed by atoms with Crippen molar-refractivity contribution < 1.29 is 24.9 Å². The van der Waals surface area contributed by atoms with Crippen LogP contribution in [0.25, 0.3) is 0 Å². The molecule has 0 amide bonds. The number of unbranched alkanes of at least 4 members (excludes halogenated alkanes) is 11. The van der Waals surface area contributed by atoms with Crippen molar-refractivity contribution in [1.29, 1.82) is 0 Å². The Hall–Kier alpha value is -1.04. The molecule has 0 aromatic rings. The number of carbonyl (C=O) groups is 2. The fraction of sp³-hybridized carbons (Fsp3) is 0.826. The van der Waals surface area contributed by atoms with Crippen LogP contribution in [0.4, 0.5) is 0 Å². The van der Waals surface area contributed by atoms with E-state index in [-0.39, 0.29) is 6.42 Å². The Bertz CT molecular complexity index is 446. The predicted molar refractivity (Wildman–Crippen MR) is 113 cm³/mol. The molecule has 0 aliphatic heterocycles. The Morgan fingerprint density at radius 3 is 1.79 bits per heavy atom. The Kier molecular flexibility index (Phi) is 16.2. The van der Waals surface area contributed by atoms with Gasteiger partial charge >= 0.3 is 0 Å². The molecule has 5 heteroatoms. The normalized spacial score (nSPS) is 14.9. The highest BCUT2D eigenvalue weighted by Crippen LogP contribution is 2.18. The number of carbonyl (C=O) groups excluding carboxylic acids is 2. The van der Waals surface area contributed by atoms with Gasteiger partial charge in [0.2, 0.25) is 0 Å². The van der Waals surface area contributed by atoms with Gasteiger partial charge in [-0.2, -0.15) is 0 Å². The van der Waals surface area contributed by atoms with E-state index in [4.69, 9.17) is 0 Å². The van der Waals surface area contributed by atoms with E-state index in [2.05, 4.69) is 19.1 Å². The lowest BCUT2D eigenvalue weighted by molar-refractivity contribution is -0.164. The first-order valence-corrected chi connectivity index (χ1v) is 11.1. The summed E-state index contributed by atoms with van der Waals surface area (Å²) in [5.41, 5.74) is -2.37. The molecule has 0 saturated carbocycles. The minimum atomic E-state index is -2.37. The summed E-state index contributed by atoms with van der Waals surface area (Å²) in [6.07, 6.45) is 17.6. The molecule has 0 bridgehead atoms. The van der Waals surface area contributed by atoms with Gasteiger partial charge in [-0.25, -0.2) is 0 Å². The zero-order valence-corrected chi connectivity index (χ0v) is 18.0. The topological polar surface area (TPSA) is 94.8 Å². The first kappa shape index (κ1) is 27.0. The summed E-state index contributed by atoms with van der Waals surface area (Å²) in [4.78, 5) is 23.2. The lowest BCUT2D eigenvalue weighted by Crippen LogP contribution is -2.55. The van der Waals surface area contributed by atoms with Gasteiger partial charge in [0.25, 0.3) is 0 Å². The maximum Gasteiger partial charge on any atom is 0.178 e. The highest BCUT2D eigenvalue weighted by atomic mass is 16.4. The number of hydrogen-bond donors (Lipinski definition) is 3. The van der Waals surface area contributed by atoms with Crippen LogP contribution in [0.3, 0.4) is 0 Å². The van der Waals surface area contributed by atoms with Crippen molar-refractivity contribution in [3.05, 3.63) is 12.2 Å². The lowest BCUT2D eigenvalue weighted by atomic mass is 9.87. The number of aliphatic hydroxyl groups is 3. The highest BCUT2D eigenvalue weighted by molar-refractivity contribution is 5.95. The minimum Gasteiger partial charge on any atom is -0.393 e. The van der Waals surface area contributed by atoms with Crippen LogP contribution in [0.2, 0.25) is 0 Å². The van der Waals surface area contributed by atoms with Gasteiger partial charge in [0, 0.05) is 6.42 Å². The molecule has 0 aromatic heterocycles. The minimum absolute atomic E-state index is 0.0551. The molecule has 0 heterocycles. The molecule has 0 spiro atoms. The van der Waals surface area contributed by atoms with Crippen LogP contribution in [0.5, 0.6) is 0 Å². The Labute approximate surface area is 171 Å². The summed E-state index contributed by atoms with van der Waals surface area (Å²) >= 11 is 0. The van der Waals surface area contributed by atoms with Crippen LogP contribution in [-0.2, 0) is 9.59 Å². The number of allylic oxidation sites excluding steroid dienone is 2. The predicted octanol–water partition coefficient (Wildman–Crippen LogP) is 4.27. The third kappa shape index (κ3) is 11.7. The van der Waals surface area contributed by atoms with Crippen LogP contribution in [0.1, 0.15) is 104 Å². The summed E-state index contributed by atoms with van der Waals surface area (Å²) in [6.45, 7) is 2.37. The molecule has 0 saturated heterocycles. The van der Waals surface area contributed by atoms with E-state index in [9.17, 15) is 24.9 Å². The molecule has 2 atom stereocenters. The standard InChI is InChI=1S/C23H42O5/c1-3-4-5-6-7-8-9-10-11-12-13-14-15-16-17-18-21(26)23(28,19-24)22(27)20(2)25/h10-11,22,24,27-28H,3-9,12-19H2,1-2H3. The molecule has 0 aliphatic carbocycles. The van der Waals surface area contributed by atoms with Crippen LogP contribution in [0.15, 0.2) is 12.2 Å². The van der Waals surface area contributed by atoms with Crippen molar-refractivity contribution in [3.8, 4) is 0 Å². The second kappa shape index (κ2) is 16.9. The molecule has 0 rings (SSSR count). The highest BCUT2D eigenvalue weighted by Gasteiger charge is 2.44. The average Bonchev–Trinajstić information content (AvgIpc) is 2.69. The van der Waals surface area contributed by atoms with E-state index in [1.165, 1.54) is 44.9 Å². The molecule has 0 aromatic carbocycles. The molecule has 28 heavy (non-hydrogen) atoms. The largest absolute Gasteiger partial charge is 0.393 e. The number of hydrogen-bond acceptors (Lipinski definition) is 5. The van der Waals surface area contributed by atoms with Gasteiger partial charge in [-0.15, -0.1) is 0 Å². The first-order valence-electron chi connectivity index (χ1n) is 11.1. The molecule has 5 nitrogen and oxygen atoms in total. The van der Waals surface area contributed by atoms with Gasteiger partial charge in [0.15, 0.2) is 17.2 Å². The quantitative estimate of drug-likeness (QED) is 0.223. The van der Waals surface area contributed by atoms with E-state index in [1.807, 2.05) is 0 Å². The van der Waals surface area contributed by atoms with E-state index in [0.717, 1.165) is 39.0 Å². The zero-order valence-electron chi connectivity index (χ0n) is 18.0. The fourth-order valence-electron chi connectivity index (χ4n) is 3.24. The average molecular weight is 399 g/mol. The summed E-state index contributed by atoms with van der Waals surface area (Å²) < 4.78 is 0. The second-order valence-electron chi connectivity index (χ2n) is 7.85. The van der Waals surface area contributed by atoms with Gasteiger partial charge in [0.05, 0.1) is 6.61 Å². The van der Waals surface area contributed by atoms with Gasteiger partial charge in [-0.05, 0) is 39.0 Å². The van der Waals surface area contributed by atoms with Crippen LogP contribution in [0, 0.1) is 0 Å². The molecule has 0 aliphatic rings. The lowest BCUT2D eigenvalue weighted by Gasteiger charge is -2.28. The van der Waals surface area contributed by atoms with Gasteiger partial charge in [0.1, 0.15) is 6.10 Å². The Morgan fingerprint density at radius 1 is 0.857 bits per heavy atom. The van der Waals surface area contributed by atoms with Gasteiger partial charge in [-0.3, -0.25) is 9.59 Å². The van der Waals surface area contributed by atoms with Gasteiger partial charge < -0.3 is 15.3 Å². The second-order valence-corrected chi connectivity index (χ2v) is 7.85. The molecule has 3 N–H and O–H groups in total. The van der Waals surface area contributed by atoms with Crippen molar-refractivity contribution in [2.24, 2.45) is 0 Å². The third-order valence-corrected chi connectivity index (χ3v) is 5.23. The molecule has 0 fully saturated rings. The Morgan fingerprint density at radius 2 is 1.32 bits per heavy atom. The van der Waals surface area contributed by atoms with Crippen molar-refractivity contribution in [2.45, 2.75) is 115 Å². The van der Waals surface area contributed by atoms with E-state index >= 15 is 0 Å². The van der Waals surface area contributed by atoms with Crippen molar-refractivity contribution in [3.63, 3.8) is 0 Å². The Balaban J connectivity index is 3.67. The summed E-state index contributed by atoms with van der Waals surface area (Å²) in [6, 6.07) is 0. The summed E-state index contributed by atoms with van der Waals surface area (Å²) in [7, 11) is 0. The molecular formula is C23H42O5.